The van der Waals surface area contributed by atoms with E-state index in [0.29, 0.717) is 5.92 Å². The molecule has 0 saturated heterocycles. The fraction of sp³-hybridized carbons (Fsp3) is 0.625. The van der Waals surface area contributed by atoms with Gasteiger partial charge in [0.15, 0.2) is 0 Å². The molecule has 1 heterocycles. The van der Waals surface area contributed by atoms with Gasteiger partial charge in [0.05, 0.1) is 0 Å². The second-order valence-electron chi connectivity index (χ2n) is 2.92. The first-order valence-corrected chi connectivity index (χ1v) is 3.91. The first-order valence-electron chi connectivity index (χ1n) is 3.91. The van der Waals surface area contributed by atoms with Gasteiger partial charge in [-0.1, -0.05) is 13.8 Å². The van der Waals surface area contributed by atoms with Crippen LogP contribution in [-0.2, 0) is 7.05 Å². The van der Waals surface area contributed by atoms with E-state index in [2.05, 4.69) is 18.9 Å². The predicted octanol–water partition coefficient (Wildman–Crippen LogP) is 1.23. The quantitative estimate of drug-likeness (QED) is 0.683. The standard InChI is InChI=1S/C8H14N2O/c1-4-6(2)7-5-8(11)10(3)9-7/h5-6,9H,4H2,1-3H3. The van der Waals surface area contributed by atoms with Crippen molar-refractivity contribution in [3.63, 3.8) is 0 Å². The summed E-state index contributed by atoms with van der Waals surface area (Å²) in [6.45, 7) is 4.21. The van der Waals surface area contributed by atoms with E-state index in [1.807, 2.05) is 0 Å². The van der Waals surface area contributed by atoms with Crippen LogP contribution in [0.4, 0.5) is 0 Å². The number of nitrogens with one attached hydrogen (secondary N) is 1. The fourth-order valence-corrected chi connectivity index (χ4v) is 0.983. The lowest BCUT2D eigenvalue weighted by Gasteiger charge is -2.03. The van der Waals surface area contributed by atoms with Crippen molar-refractivity contribution in [2.45, 2.75) is 26.2 Å². The Morgan fingerprint density at radius 3 is 2.73 bits per heavy atom. The van der Waals surface area contributed by atoms with E-state index in [1.165, 1.54) is 4.68 Å². The van der Waals surface area contributed by atoms with Crippen LogP contribution in [0.5, 0.6) is 0 Å². The maximum Gasteiger partial charge on any atom is 0.266 e. The Balaban J connectivity index is 2.97. The molecule has 0 aliphatic rings. The number of aromatic nitrogens is 2. The summed E-state index contributed by atoms with van der Waals surface area (Å²) in [5.74, 6) is 0.448. The summed E-state index contributed by atoms with van der Waals surface area (Å²) in [4.78, 5) is 11.0. The Morgan fingerprint density at radius 2 is 2.36 bits per heavy atom. The van der Waals surface area contributed by atoms with E-state index in [1.54, 1.807) is 13.1 Å². The minimum Gasteiger partial charge on any atom is -0.300 e. The molecule has 3 heteroatoms. The number of aryl methyl sites for hydroxylation is 1. The molecule has 1 atom stereocenters. The lowest BCUT2D eigenvalue weighted by atomic mass is 10.1. The van der Waals surface area contributed by atoms with Gasteiger partial charge in [0.1, 0.15) is 0 Å². The van der Waals surface area contributed by atoms with Gasteiger partial charge in [0.25, 0.3) is 5.56 Å². The minimum absolute atomic E-state index is 0.0419. The summed E-state index contributed by atoms with van der Waals surface area (Å²) < 4.78 is 1.50. The molecular weight excluding hydrogens is 140 g/mol. The van der Waals surface area contributed by atoms with Crippen molar-refractivity contribution in [3.05, 3.63) is 22.1 Å². The molecule has 1 N–H and O–H groups in total. The van der Waals surface area contributed by atoms with E-state index in [9.17, 15) is 4.79 Å². The number of hydrogen-bond acceptors (Lipinski definition) is 1. The van der Waals surface area contributed by atoms with Crippen molar-refractivity contribution in [2.75, 3.05) is 0 Å². The molecule has 11 heavy (non-hydrogen) atoms. The van der Waals surface area contributed by atoms with Crippen molar-refractivity contribution in [3.8, 4) is 0 Å². The van der Waals surface area contributed by atoms with Gasteiger partial charge in [-0.25, -0.2) is 0 Å². The van der Waals surface area contributed by atoms with Crippen molar-refractivity contribution in [1.82, 2.24) is 9.78 Å². The third-order valence-electron chi connectivity index (χ3n) is 2.05. The zero-order chi connectivity index (χ0) is 8.43. The minimum atomic E-state index is 0.0419. The molecule has 0 amide bonds. The molecule has 0 spiro atoms. The Bertz CT molecular complexity index is 285. The second-order valence-corrected chi connectivity index (χ2v) is 2.92. The largest absolute Gasteiger partial charge is 0.300 e. The van der Waals surface area contributed by atoms with Crippen molar-refractivity contribution in [1.29, 1.82) is 0 Å². The van der Waals surface area contributed by atoms with E-state index >= 15 is 0 Å². The summed E-state index contributed by atoms with van der Waals surface area (Å²) in [5, 5.41) is 3.00. The van der Waals surface area contributed by atoms with Gasteiger partial charge in [-0.3, -0.25) is 14.6 Å². The number of H-pyrrole nitrogens is 1. The highest BCUT2D eigenvalue weighted by Gasteiger charge is 2.05. The van der Waals surface area contributed by atoms with Crippen LogP contribution < -0.4 is 5.56 Å². The van der Waals surface area contributed by atoms with Crippen LogP contribution in [-0.4, -0.2) is 9.78 Å². The van der Waals surface area contributed by atoms with Gasteiger partial charge in [-0.2, -0.15) is 0 Å². The first-order chi connectivity index (χ1) is 5.15. The van der Waals surface area contributed by atoms with Gasteiger partial charge >= 0.3 is 0 Å². The Kier molecular flexibility index (Phi) is 2.17. The molecule has 62 valence electrons. The molecule has 0 aliphatic heterocycles. The van der Waals surface area contributed by atoms with Gasteiger partial charge in [0.2, 0.25) is 0 Å². The highest BCUT2D eigenvalue weighted by atomic mass is 16.1. The van der Waals surface area contributed by atoms with Crippen molar-refractivity contribution in [2.24, 2.45) is 7.05 Å². The van der Waals surface area contributed by atoms with Crippen LogP contribution in [0.25, 0.3) is 0 Å². The molecule has 0 radical (unpaired) electrons. The summed E-state index contributed by atoms with van der Waals surface area (Å²) >= 11 is 0. The van der Waals surface area contributed by atoms with Gasteiger partial charge in [-0.15, -0.1) is 0 Å². The lowest BCUT2D eigenvalue weighted by Crippen LogP contribution is -2.09. The van der Waals surface area contributed by atoms with Crippen molar-refractivity contribution >= 4 is 0 Å². The molecule has 0 fully saturated rings. The van der Waals surface area contributed by atoms with E-state index in [4.69, 9.17) is 0 Å². The third-order valence-corrected chi connectivity index (χ3v) is 2.05. The zero-order valence-electron chi connectivity index (χ0n) is 7.22. The molecule has 3 nitrogen and oxygen atoms in total. The molecule has 1 aromatic rings. The average molecular weight is 154 g/mol. The summed E-state index contributed by atoms with van der Waals surface area (Å²) in [6.07, 6.45) is 1.06. The summed E-state index contributed by atoms with van der Waals surface area (Å²) in [7, 11) is 1.73. The van der Waals surface area contributed by atoms with Crippen LogP contribution in [0.3, 0.4) is 0 Å². The van der Waals surface area contributed by atoms with Crippen LogP contribution in [0.2, 0.25) is 0 Å². The average Bonchev–Trinajstić information content (AvgIpc) is 2.31. The maximum atomic E-state index is 11.0. The Labute approximate surface area is 66.0 Å². The summed E-state index contributed by atoms with van der Waals surface area (Å²) in [5.41, 5.74) is 1.07. The lowest BCUT2D eigenvalue weighted by molar-refractivity contribution is 0.659. The fourth-order valence-electron chi connectivity index (χ4n) is 0.983. The summed E-state index contributed by atoms with van der Waals surface area (Å²) in [6, 6.07) is 1.66. The molecule has 0 aliphatic carbocycles. The highest BCUT2D eigenvalue weighted by molar-refractivity contribution is 5.04. The van der Waals surface area contributed by atoms with E-state index in [0.717, 1.165) is 12.1 Å². The number of hydrogen-bond donors (Lipinski definition) is 1. The van der Waals surface area contributed by atoms with Gasteiger partial charge in [-0.05, 0) is 12.3 Å². The van der Waals surface area contributed by atoms with E-state index < -0.39 is 0 Å². The molecular formula is C8H14N2O. The third kappa shape index (κ3) is 1.53. The van der Waals surface area contributed by atoms with Crippen LogP contribution in [0.1, 0.15) is 31.9 Å². The monoisotopic (exact) mass is 154 g/mol. The van der Waals surface area contributed by atoms with Crippen LogP contribution in [0, 0.1) is 0 Å². The SMILES string of the molecule is CCC(C)c1cc(=O)n(C)[nH]1. The van der Waals surface area contributed by atoms with Gasteiger partial charge < -0.3 is 0 Å². The van der Waals surface area contributed by atoms with Gasteiger partial charge in [0, 0.05) is 18.8 Å². The van der Waals surface area contributed by atoms with Crippen LogP contribution in [0.15, 0.2) is 10.9 Å². The number of rotatable bonds is 2. The van der Waals surface area contributed by atoms with E-state index in [-0.39, 0.29) is 5.56 Å². The molecule has 1 aromatic heterocycles. The Hall–Kier alpha value is -0.990. The molecule has 1 rings (SSSR count). The van der Waals surface area contributed by atoms with Crippen LogP contribution >= 0.6 is 0 Å². The number of nitrogens with zero attached hydrogens (tertiary/aromatic N) is 1. The molecule has 0 aromatic carbocycles. The predicted molar refractivity (Wildman–Crippen MR) is 44.7 cm³/mol. The zero-order valence-corrected chi connectivity index (χ0v) is 7.22. The Morgan fingerprint density at radius 1 is 1.73 bits per heavy atom. The first kappa shape index (κ1) is 8.11. The molecule has 0 bridgehead atoms. The highest BCUT2D eigenvalue weighted by Crippen LogP contribution is 2.13. The molecule has 1 unspecified atom stereocenters. The molecule has 0 saturated carbocycles. The second kappa shape index (κ2) is 2.95. The smallest absolute Gasteiger partial charge is 0.266 e. The normalized spacial score (nSPS) is 13.4. The number of aromatic amines is 1. The maximum absolute atomic E-state index is 11.0. The van der Waals surface area contributed by atoms with Crippen molar-refractivity contribution < 1.29 is 0 Å². The topological polar surface area (TPSA) is 37.8 Å².